The molecule has 0 radical (unpaired) electrons. The molecule has 0 amide bonds. The molecule has 1 aromatic rings. The van der Waals surface area contributed by atoms with Crippen LogP contribution in [0.1, 0.15) is 6.42 Å². The SMILES string of the molecule is ICCC1COc2cscc2O1. The van der Waals surface area contributed by atoms with Crippen molar-refractivity contribution in [3.8, 4) is 11.5 Å². The summed E-state index contributed by atoms with van der Waals surface area (Å²) < 4.78 is 12.3. The van der Waals surface area contributed by atoms with Gasteiger partial charge in [0.1, 0.15) is 12.7 Å². The molecule has 0 spiro atoms. The molecule has 0 aliphatic carbocycles. The molecule has 4 heteroatoms. The highest BCUT2D eigenvalue weighted by molar-refractivity contribution is 14.1. The normalized spacial score (nSPS) is 20.9. The van der Waals surface area contributed by atoms with Crippen LogP contribution in [-0.4, -0.2) is 17.1 Å². The molecule has 0 bridgehead atoms. The minimum Gasteiger partial charge on any atom is -0.485 e. The molecule has 1 aliphatic heterocycles. The summed E-state index contributed by atoms with van der Waals surface area (Å²) in [6.45, 7) is 0.701. The summed E-state index contributed by atoms with van der Waals surface area (Å²) in [7, 11) is 0. The van der Waals surface area contributed by atoms with E-state index in [2.05, 4.69) is 22.6 Å². The van der Waals surface area contributed by atoms with Crippen molar-refractivity contribution < 1.29 is 9.47 Å². The van der Waals surface area contributed by atoms with Gasteiger partial charge in [0.25, 0.3) is 0 Å². The Hall–Kier alpha value is 0.0300. The predicted molar refractivity (Wildman–Crippen MR) is 57.7 cm³/mol. The predicted octanol–water partition coefficient (Wildman–Crippen LogP) is 2.71. The lowest BCUT2D eigenvalue weighted by atomic mass is 10.3. The molecule has 0 aromatic carbocycles. The summed E-state index contributed by atoms with van der Waals surface area (Å²) in [5.74, 6) is 1.82. The van der Waals surface area contributed by atoms with Crippen molar-refractivity contribution in [3.05, 3.63) is 10.8 Å². The van der Waals surface area contributed by atoms with Gasteiger partial charge >= 0.3 is 0 Å². The molecule has 0 saturated carbocycles. The Kier molecular flexibility index (Phi) is 2.75. The molecule has 0 N–H and O–H groups in total. The van der Waals surface area contributed by atoms with E-state index in [1.54, 1.807) is 11.3 Å². The smallest absolute Gasteiger partial charge is 0.172 e. The molecule has 1 aliphatic rings. The van der Waals surface area contributed by atoms with Crippen molar-refractivity contribution in [2.24, 2.45) is 0 Å². The van der Waals surface area contributed by atoms with Gasteiger partial charge in [0.2, 0.25) is 0 Å². The van der Waals surface area contributed by atoms with E-state index in [0.29, 0.717) is 6.61 Å². The van der Waals surface area contributed by atoms with Crippen LogP contribution < -0.4 is 9.47 Å². The van der Waals surface area contributed by atoms with E-state index in [0.717, 1.165) is 22.3 Å². The maximum Gasteiger partial charge on any atom is 0.172 e. The highest BCUT2D eigenvalue weighted by Crippen LogP contribution is 2.35. The number of hydrogen-bond acceptors (Lipinski definition) is 3. The zero-order chi connectivity index (χ0) is 8.39. The fraction of sp³-hybridized carbons (Fsp3) is 0.500. The highest BCUT2D eigenvalue weighted by Gasteiger charge is 2.20. The second kappa shape index (κ2) is 3.83. The molecule has 2 rings (SSSR count). The third-order valence-electron chi connectivity index (χ3n) is 1.74. The Labute approximate surface area is 89.0 Å². The van der Waals surface area contributed by atoms with E-state index < -0.39 is 0 Å². The summed E-state index contributed by atoms with van der Waals surface area (Å²) in [6.07, 6.45) is 1.32. The number of fused-ring (bicyclic) bond motifs is 1. The summed E-state index contributed by atoms with van der Waals surface area (Å²) >= 11 is 3.98. The van der Waals surface area contributed by atoms with Gasteiger partial charge in [-0.05, 0) is 6.42 Å². The van der Waals surface area contributed by atoms with Crippen LogP contribution in [0.3, 0.4) is 0 Å². The van der Waals surface area contributed by atoms with Crippen molar-refractivity contribution in [2.75, 3.05) is 11.0 Å². The Morgan fingerprint density at radius 2 is 2.33 bits per heavy atom. The Morgan fingerprint density at radius 1 is 1.50 bits per heavy atom. The average molecular weight is 296 g/mol. The van der Waals surface area contributed by atoms with Gasteiger partial charge < -0.3 is 9.47 Å². The first-order valence-corrected chi connectivity index (χ1v) is 6.28. The van der Waals surface area contributed by atoms with Crippen LogP contribution in [0, 0.1) is 0 Å². The van der Waals surface area contributed by atoms with Crippen LogP contribution in [-0.2, 0) is 0 Å². The van der Waals surface area contributed by atoms with Gasteiger partial charge in [-0.3, -0.25) is 0 Å². The van der Waals surface area contributed by atoms with Gasteiger partial charge in [-0.15, -0.1) is 11.3 Å². The highest BCUT2D eigenvalue weighted by atomic mass is 127. The number of ether oxygens (including phenoxy) is 2. The quantitative estimate of drug-likeness (QED) is 0.617. The zero-order valence-electron chi connectivity index (χ0n) is 6.46. The number of rotatable bonds is 2. The zero-order valence-corrected chi connectivity index (χ0v) is 9.43. The minimum absolute atomic E-state index is 0.254. The van der Waals surface area contributed by atoms with Crippen LogP contribution in [0.2, 0.25) is 0 Å². The molecule has 2 nitrogen and oxygen atoms in total. The topological polar surface area (TPSA) is 18.5 Å². The fourth-order valence-corrected chi connectivity index (χ4v) is 2.49. The standard InChI is InChI=1S/C8H9IO2S/c9-2-1-6-3-10-7-4-12-5-8(7)11-6/h4-6H,1-3H2. The van der Waals surface area contributed by atoms with Crippen LogP contribution in [0.15, 0.2) is 10.8 Å². The van der Waals surface area contributed by atoms with E-state index in [1.165, 1.54) is 0 Å². The molecule has 1 atom stereocenters. The lowest BCUT2D eigenvalue weighted by Gasteiger charge is -2.23. The van der Waals surface area contributed by atoms with Crippen molar-refractivity contribution in [2.45, 2.75) is 12.5 Å². The summed E-state index contributed by atoms with van der Waals surface area (Å²) in [5.41, 5.74) is 0. The first-order chi connectivity index (χ1) is 5.90. The van der Waals surface area contributed by atoms with Gasteiger partial charge in [0, 0.05) is 15.2 Å². The summed E-state index contributed by atoms with van der Waals surface area (Å²) in [5, 5.41) is 3.98. The first kappa shape index (κ1) is 8.62. The van der Waals surface area contributed by atoms with Crippen LogP contribution in [0.5, 0.6) is 11.5 Å². The largest absolute Gasteiger partial charge is 0.485 e. The van der Waals surface area contributed by atoms with E-state index in [4.69, 9.17) is 9.47 Å². The number of alkyl halides is 1. The lowest BCUT2D eigenvalue weighted by molar-refractivity contribution is 0.0911. The summed E-state index contributed by atoms with van der Waals surface area (Å²) in [6, 6.07) is 0. The lowest BCUT2D eigenvalue weighted by Crippen LogP contribution is -2.28. The van der Waals surface area contributed by atoms with E-state index in [-0.39, 0.29) is 6.10 Å². The second-order valence-electron chi connectivity index (χ2n) is 2.63. The molecule has 66 valence electrons. The third-order valence-corrected chi connectivity index (χ3v) is 3.07. The molecular weight excluding hydrogens is 287 g/mol. The molecule has 2 heterocycles. The van der Waals surface area contributed by atoms with Crippen molar-refractivity contribution in [1.82, 2.24) is 0 Å². The fourth-order valence-electron chi connectivity index (χ4n) is 1.13. The van der Waals surface area contributed by atoms with Gasteiger partial charge in [0.15, 0.2) is 11.5 Å². The average Bonchev–Trinajstić information content (AvgIpc) is 2.51. The Bertz CT molecular complexity index is 261. The number of halogens is 1. The number of thiophene rings is 1. The molecular formula is C8H9IO2S. The van der Waals surface area contributed by atoms with Crippen molar-refractivity contribution >= 4 is 33.9 Å². The number of hydrogen-bond donors (Lipinski definition) is 0. The molecule has 0 saturated heterocycles. The van der Waals surface area contributed by atoms with E-state index >= 15 is 0 Å². The molecule has 1 unspecified atom stereocenters. The maximum absolute atomic E-state index is 5.69. The van der Waals surface area contributed by atoms with Gasteiger partial charge in [-0.25, -0.2) is 0 Å². The van der Waals surface area contributed by atoms with Crippen molar-refractivity contribution in [3.63, 3.8) is 0 Å². The van der Waals surface area contributed by atoms with E-state index in [9.17, 15) is 0 Å². The van der Waals surface area contributed by atoms with Gasteiger partial charge in [0.05, 0.1) is 0 Å². The van der Waals surface area contributed by atoms with Crippen LogP contribution in [0.4, 0.5) is 0 Å². The summed E-state index contributed by atoms with van der Waals surface area (Å²) in [4.78, 5) is 0. The minimum atomic E-state index is 0.254. The van der Waals surface area contributed by atoms with Gasteiger partial charge in [-0.1, -0.05) is 22.6 Å². The monoisotopic (exact) mass is 296 g/mol. The van der Waals surface area contributed by atoms with Crippen molar-refractivity contribution in [1.29, 1.82) is 0 Å². The van der Waals surface area contributed by atoms with E-state index in [1.807, 2.05) is 10.8 Å². The van der Waals surface area contributed by atoms with Crippen LogP contribution >= 0.6 is 33.9 Å². The van der Waals surface area contributed by atoms with Crippen LogP contribution in [0.25, 0.3) is 0 Å². The molecule has 12 heavy (non-hydrogen) atoms. The molecule has 1 aromatic heterocycles. The first-order valence-electron chi connectivity index (χ1n) is 3.82. The molecule has 0 fully saturated rings. The Morgan fingerprint density at radius 3 is 3.17 bits per heavy atom. The van der Waals surface area contributed by atoms with Gasteiger partial charge in [-0.2, -0.15) is 0 Å². The second-order valence-corrected chi connectivity index (χ2v) is 4.45. The maximum atomic E-state index is 5.69. The third kappa shape index (κ3) is 1.69. The Balaban J connectivity index is 2.05.